The summed E-state index contributed by atoms with van der Waals surface area (Å²) in [5.41, 5.74) is -1.34. The molecule has 0 spiro atoms. The highest BCUT2D eigenvalue weighted by Crippen LogP contribution is 2.42. The SMILES string of the molecule is CC[C@@](CCCNC(=O)OC(C)(C)C)(OCOC)c1ccc(OCCCc2ccc(Cl)c(Cl)c2)c(C(F)(F)F)c1. The maximum absolute atomic E-state index is 14.1. The van der Waals surface area contributed by atoms with Crippen molar-refractivity contribution in [2.24, 2.45) is 0 Å². The van der Waals surface area contributed by atoms with Gasteiger partial charge in [-0.2, -0.15) is 13.2 Å². The van der Waals surface area contributed by atoms with Crippen LogP contribution in [0.15, 0.2) is 36.4 Å². The van der Waals surface area contributed by atoms with Crippen LogP contribution in [0.1, 0.15) is 70.1 Å². The van der Waals surface area contributed by atoms with Crippen LogP contribution >= 0.6 is 23.2 Å². The molecule has 11 heteroatoms. The first-order valence-electron chi connectivity index (χ1n) is 13.1. The Bertz CT molecular complexity index is 1110. The molecular formula is C29H38Cl2F3NO5. The fraction of sp³-hybridized carbons (Fsp3) is 0.552. The van der Waals surface area contributed by atoms with Crippen molar-refractivity contribution in [3.8, 4) is 5.75 Å². The molecule has 0 heterocycles. The second-order valence-corrected chi connectivity index (χ2v) is 11.2. The van der Waals surface area contributed by atoms with E-state index in [2.05, 4.69) is 5.32 Å². The lowest BCUT2D eigenvalue weighted by Crippen LogP contribution is -2.35. The van der Waals surface area contributed by atoms with E-state index in [-0.39, 0.29) is 25.7 Å². The third-order valence-electron chi connectivity index (χ3n) is 6.11. The topological polar surface area (TPSA) is 66.0 Å². The van der Waals surface area contributed by atoms with Crippen molar-refractivity contribution in [2.45, 2.75) is 77.2 Å². The van der Waals surface area contributed by atoms with E-state index in [0.29, 0.717) is 47.7 Å². The molecule has 0 saturated heterocycles. The van der Waals surface area contributed by atoms with E-state index < -0.39 is 29.0 Å². The summed E-state index contributed by atoms with van der Waals surface area (Å²) >= 11 is 12.0. The molecule has 1 atom stereocenters. The van der Waals surface area contributed by atoms with Gasteiger partial charge in [0.1, 0.15) is 18.1 Å². The van der Waals surface area contributed by atoms with E-state index in [9.17, 15) is 18.0 Å². The van der Waals surface area contributed by atoms with Crippen molar-refractivity contribution in [1.82, 2.24) is 5.32 Å². The number of hydrogen-bond acceptors (Lipinski definition) is 5. The summed E-state index contributed by atoms with van der Waals surface area (Å²) in [5.74, 6) is -0.256. The average Bonchev–Trinajstić information content (AvgIpc) is 2.87. The van der Waals surface area contributed by atoms with Gasteiger partial charge < -0.3 is 24.3 Å². The highest BCUT2D eigenvalue weighted by molar-refractivity contribution is 6.42. The summed E-state index contributed by atoms with van der Waals surface area (Å²) in [6, 6.07) is 9.22. The van der Waals surface area contributed by atoms with Gasteiger partial charge >= 0.3 is 12.3 Å². The molecule has 0 saturated carbocycles. The molecule has 0 aliphatic rings. The fourth-order valence-electron chi connectivity index (χ4n) is 4.15. The Kier molecular flexibility index (Phi) is 12.9. The van der Waals surface area contributed by atoms with Crippen molar-refractivity contribution in [3.05, 3.63) is 63.1 Å². The monoisotopic (exact) mass is 607 g/mol. The van der Waals surface area contributed by atoms with Crippen molar-refractivity contribution in [1.29, 1.82) is 0 Å². The number of aryl methyl sites for hydroxylation is 1. The van der Waals surface area contributed by atoms with Crippen molar-refractivity contribution in [3.63, 3.8) is 0 Å². The Balaban J connectivity index is 2.16. The number of alkyl carbamates (subject to hydrolysis) is 1. The van der Waals surface area contributed by atoms with Crippen LogP contribution < -0.4 is 10.1 Å². The largest absolute Gasteiger partial charge is 0.493 e. The summed E-state index contributed by atoms with van der Waals surface area (Å²) in [5, 5.41) is 3.53. The number of hydrogen-bond donors (Lipinski definition) is 1. The minimum Gasteiger partial charge on any atom is -0.493 e. The molecule has 40 heavy (non-hydrogen) atoms. The number of rotatable bonds is 14. The smallest absolute Gasteiger partial charge is 0.419 e. The van der Waals surface area contributed by atoms with Gasteiger partial charge in [-0.25, -0.2) is 4.79 Å². The van der Waals surface area contributed by atoms with Gasteiger partial charge in [0.2, 0.25) is 0 Å². The molecule has 1 amide bonds. The van der Waals surface area contributed by atoms with E-state index in [1.54, 1.807) is 39.0 Å². The quantitative estimate of drug-likeness (QED) is 0.172. The van der Waals surface area contributed by atoms with E-state index in [1.807, 2.05) is 13.0 Å². The summed E-state index contributed by atoms with van der Waals surface area (Å²) in [7, 11) is 1.44. The summed E-state index contributed by atoms with van der Waals surface area (Å²) in [6.07, 6.45) is -3.01. The first-order valence-corrected chi connectivity index (χ1v) is 13.8. The molecule has 2 aromatic rings. The van der Waals surface area contributed by atoms with Gasteiger partial charge in [-0.3, -0.25) is 0 Å². The first kappa shape index (κ1) is 34.0. The Hall–Kier alpha value is -2.20. The van der Waals surface area contributed by atoms with Crippen LogP contribution in [0.3, 0.4) is 0 Å². The lowest BCUT2D eigenvalue weighted by atomic mass is 9.85. The maximum atomic E-state index is 14.1. The second-order valence-electron chi connectivity index (χ2n) is 10.3. The van der Waals surface area contributed by atoms with Crippen molar-refractivity contribution < 1.29 is 36.9 Å². The number of benzene rings is 2. The van der Waals surface area contributed by atoms with Crippen LogP contribution in [0.5, 0.6) is 5.75 Å². The lowest BCUT2D eigenvalue weighted by Gasteiger charge is -2.34. The predicted molar refractivity (Wildman–Crippen MR) is 150 cm³/mol. The Morgan fingerprint density at radius 2 is 1.73 bits per heavy atom. The molecular weight excluding hydrogens is 570 g/mol. The summed E-state index contributed by atoms with van der Waals surface area (Å²) in [6.45, 7) is 7.34. The minimum atomic E-state index is -4.64. The van der Waals surface area contributed by atoms with Gasteiger partial charge in [0.25, 0.3) is 0 Å². The predicted octanol–water partition coefficient (Wildman–Crippen LogP) is 8.55. The Labute approximate surface area is 244 Å². The molecule has 0 unspecified atom stereocenters. The van der Waals surface area contributed by atoms with E-state index >= 15 is 0 Å². The molecule has 224 valence electrons. The molecule has 1 N–H and O–H groups in total. The first-order chi connectivity index (χ1) is 18.7. The van der Waals surface area contributed by atoms with Gasteiger partial charge in [-0.05, 0) is 88.3 Å². The van der Waals surface area contributed by atoms with Crippen molar-refractivity contribution >= 4 is 29.3 Å². The van der Waals surface area contributed by atoms with Crippen LogP contribution in [0.4, 0.5) is 18.0 Å². The number of carbonyl (C=O) groups is 1. The molecule has 0 radical (unpaired) electrons. The fourth-order valence-corrected chi connectivity index (χ4v) is 4.47. The molecule has 6 nitrogen and oxygen atoms in total. The molecule has 0 aromatic heterocycles. The molecule has 0 aliphatic carbocycles. The molecule has 0 fully saturated rings. The van der Waals surface area contributed by atoms with Crippen LogP contribution in [0.25, 0.3) is 0 Å². The third-order valence-corrected chi connectivity index (χ3v) is 6.85. The summed E-state index contributed by atoms with van der Waals surface area (Å²) < 4.78 is 64.3. The van der Waals surface area contributed by atoms with Gasteiger partial charge in [0.15, 0.2) is 0 Å². The average molecular weight is 609 g/mol. The van der Waals surface area contributed by atoms with Gasteiger partial charge in [-0.1, -0.05) is 42.3 Å². The molecule has 2 aromatic carbocycles. The number of halogens is 5. The third kappa shape index (κ3) is 10.7. The lowest BCUT2D eigenvalue weighted by molar-refractivity contribution is -0.145. The highest BCUT2D eigenvalue weighted by Gasteiger charge is 2.38. The zero-order valence-electron chi connectivity index (χ0n) is 23.6. The second kappa shape index (κ2) is 15.1. The normalized spacial score (nSPS) is 13.6. The zero-order valence-corrected chi connectivity index (χ0v) is 25.1. The molecule has 2 rings (SSSR count). The number of methoxy groups -OCH3 is 1. The van der Waals surface area contributed by atoms with Gasteiger partial charge in [-0.15, -0.1) is 0 Å². The molecule has 0 bridgehead atoms. The number of alkyl halides is 3. The van der Waals surface area contributed by atoms with Gasteiger partial charge in [0, 0.05) is 13.7 Å². The Morgan fingerprint density at radius 1 is 1.00 bits per heavy atom. The van der Waals surface area contributed by atoms with E-state index in [0.717, 1.165) is 11.6 Å². The standard InChI is InChI=1S/C29H38Cl2F3NO5/c1-6-28(39-19-37-5,14-8-15-35-26(36)40-27(2,3)4)21-11-13-25(22(18-21)29(32,33)34)38-16-7-9-20-10-12-23(30)24(31)17-20/h10-13,17-18H,6-9,14-16,19H2,1-5H3,(H,35,36)/t28-/m0/s1. The van der Waals surface area contributed by atoms with Crippen LogP contribution in [0.2, 0.25) is 10.0 Å². The number of ether oxygens (including phenoxy) is 4. The summed E-state index contributed by atoms with van der Waals surface area (Å²) in [4.78, 5) is 12.0. The molecule has 0 aliphatic heterocycles. The zero-order chi connectivity index (χ0) is 30.0. The number of carbonyl (C=O) groups excluding carboxylic acids is 1. The van der Waals surface area contributed by atoms with Gasteiger partial charge in [0.05, 0.1) is 27.8 Å². The minimum absolute atomic E-state index is 0.0815. The highest BCUT2D eigenvalue weighted by atomic mass is 35.5. The Morgan fingerprint density at radius 3 is 2.33 bits per heavy atom. The van der Waals surface area contributed by atoms with Crippen LogP contribution in [0, 0.1) is 0 Å². The number of amides is 1. The number of nitrogens with one attached hydrogen (secondary N) is 1. The van der Waals surface area contributed by atoms with E-state index in [4.69, 9.17) is 42.1 Å². The maximum Gasteiger partial charge on any atom is 0.419 e. The van der Waals surface area contributed by atoms with E-state index in [1.165, 1.54) is 13.2 Å². The van der Waals surface area contributed by atoms with Crippen molar-refractivity contribution in [2.75, 3.05) is 27.1 Å². The van der Waals surface area contributed by atoms with Crippen LogP contribution in [-0.2, 0) is 32.4 Å². The van der Waals surface area contributed by atoms with Crippen LogP contribution in [-0.4, -0.2) is 38.7 Å².